The van der Waals surface area contributed by atoms with Gasteiger partial charge < -0.3 is 19.7 Å². The number of benzene rings is 4. The summed E-state index contributed by atoms with van der Waals surface area (Å²) >= 11 is 1.47. The van der Waals surface area contributed by atoms with E-state index in [1.54, 1.807) is 36.4 Å². The Bertz CT molecular complexity index is 3070. The molecule has 0 radical (unpaired) electrons. The molecule has 0 spiro atoms. The molecule has 0 amide bonds. The Kier molecular flexibility index (Phi) is 14.0. The number of aliphatic hydroxyl groups excluding tert-OH is 2. The van der Waals surface area contributed by atoms with Gasteiger partial charge in [0.1, 0.15) is 17.6 Å². The van der Waals surface area contributed by atoms with E-state index >= 15 is 0 Å². The van der Waals surface area contributed by atoms with Crippen molar-refractivity contribution in [1.82, 2.24) is 19.6 Å². The molecule has 4 aliphatic carbocycles. The monoisotopic (exact) mass is 996 g/mol. The van der Waals surface area contributed by atoms with Crippen molar-refractivity contribution in [3.8, 4) is 22.9 Å². The van der Waals surface area contributed by atoms with Crippen molar-refractivity contribution in [3.63, 3.8) is 0 Å². The molecule has 4 aliphatic rings. The number of aromatic nitrogens is 4. The number of rotatable bonds is 12. The summed E-state index contributed by atoms with van der Waals surface area (Å²) < 4.78 is 92.6. The number of halogens is 4. The van der Waals surface area contributed by atoms with E-state index in [2.05, 4.69) is 36.2 Å². The summed E-state index contributed by atoms with van der Waals surface area (Å²) in [6, 6.07) is 21.3. The van der Waals surface area contributed by atoms with E-state index in [0.717, 1.165) is 85.1 Å². The lowest BCUT2D eigenvalue weighted by Gasteiger charge is -2.47. The van der Waals surface area contributed by atoms with Gasteiger partial charge in [0.15, 0.2) is 38.9 Å². The van der Waals surface area contributed by atoms with Gasteiger partial charge in [-0.25, -0.2) is 35.3 Å². The zero-order valence-electron chi connectivity index (χ0n) is 39.4. The molecule has 2 heterocycles. The highest BCUT2D eigenvalue weighted by atomic mass is 32.2. The maximum Gasteiger partial charge on any atom is 0.189 e. The number of nitrogens with zero attached hydrogens (tertiary/aromatic N) is 4. The first-order valence-electron chi connectivity index (χ1n) is 23.4. The van der Waals surface area contributed by atoms with Crippen LogP contribution in [0, 0.1) is 45.9 Å². The van der Waals surface area contributed by atoms with E-state index in [-0.39, 0.29) is 45.8 Å². The Balaban J connectivity index is 0.000000174. The Labute approximate surface area is 410 Å². The summed E-state index contributed by atoms with van der Waals surface area (Å²) in [5.74, 6) is -2.15. The van der Waals surface area contributed by atoms with E-state index in [1.807, 2.05) is 28.0 Å². The van der Waals surface area contributed by atoms with E-state index < -0.39 is 39.6 Å². The molecule has 2 N–H and O–H groups in total. The fraction of sp³-hybridized carbons (Fsp3) is 0.370. The molecule has 0 saturated heterocycles. The molecule has 2 saturated carbocycles. The lowest BCUT2D eigenvalue weighted by atomic mass is 9.57. The smallest absolute Gasteiger partial charge is 0.189 e. The van der Waals surface area contributed by atoms with Crippen molar-refractivity contribution in [2.24, 2.45) is 22.7 Å². The molecular weight excluding hydrogens is 941 g/mol. The van der Waals surface area contributed by atoms with Crippen LogP contribution in [0.3, 0.4) is 0 Å². The molecule has 0 bridgehead atoms. The molecule has 10 nitrogen and oxygen atoms in total. The van der Waals surface area contributed by atoms with Crippen LogP contribution >= 0.6 is 11.8 Å². The first-order chi connectivity index (χ1) is 33.5. The molecule has 4 aromatic carbocycles. The fourth-order valence-electron chi connectivity index (χ4n) is 11.1. The van der Waals surface area contributed by atoms with Crippen molar-refractivity contribution in [3.05, 3.63) is 165 Å². The summed E-state index contributed by atoms with van der Waals surface area (Å²) in [6.07, 6.45) is 16.1. The normalized spacial score (nSPS) is 22.4. The van der Waals surface area contributed by atoms with Crippen LogP contribution in [-0.4, -0.2) is 62.6 Å². The minimum atomic E-state index is -3.45. The Morgan fingerprint density at radius 3 is 1.53 bits per heavy atom. The Hall–Kier alpha value is -5.68. The molecular formula is C54H56F4N4O6S2. The first-order valence-corrected chi connectivity index (χ1v) is 26.9. The second kappa shape index (κ2) is 19.8. The number of hydrogen-bond donors (Lipinski definition) is 2. The second-order valence-corrected chi connectivity index (χ2v) is 22.3. The van der Waals surface area contributed by atoms with Crippen molar-refractivity contribution in [1.29, 1.82) is 0 Å². The number of thioether (sulfide) groups is 1. The maximum atomic E-state index is 14.3. The van der Waals surface area contributed by atoms with Crippen LogP contribution in [-0.2, 0) is 22.7 Å². The van der Waals surface area contributed by atoms with E-state index in [4.69, 9.17) is 9.47 Å². The van der Waals surface area contributed by atoms with Crippen LogP contribution in [0.25, 0.3) is 23.5 Å². The number of hydrogen-bond acceptors (Lipinski definition) is 9. The molecule has 70 heavy (non-hydrogen) atoms. The summed E-state index contributed by atoms with van der Waals surface area (Å²) in [7, 11) is -3.45. The van der Waals surface area contributed by atoms with Crippen molar-refractivity contribution in [2.45, 2.75) is 77.4 Å². The third-order valence-corrected chi connectivity index (χ3v) is 15.7. The highest BCUT2D eigenvalue weighted by Crippen LogP contribution is 2.56. The number of ether oxygens (including phenoxy) is 2. The molecule has 16 heteroatoms. The average Bonchev–Trinajstić information content (AvgIpc) is 3.94. The maximum absolute atomic E-state index is 14.3. The SMILES string of the molecule is CSCOc1cc([C@H](O)[C@H]2CCCC3=Cc4c(cnn4-c4ccc(F)cc4)C[C@@]32C)ccc1F.C[C@]12Cc3cnn(-c4ccc(F)cc4)c3C=C1CCC[C@@H]2[C@@H](O)c1ccc(F)c(OCS(C)(=O)=O)c1. The van der Waals surface area contributed by atoms with Crippen LogP contribution in [0.4, 0.5) is 17.6 Å². The predicted octanol–water partition coefficient (Wildman–Crippen LogP) is 11.3. The molecule has 0 unspecified atom stereocenters. The number of aliphatic hydroxyl groups is 2. The highest BCUT2D eigenvalue weighted by Gasteiger charge is 2.48. The van der Waals surface area contributed by atoms with Crippen LogP contribution in [0.2, 0.25) is 0 Å². The molecule has 368 valence electrons. The van der Waals surface area contributed by atoms with Gasteiger partial charge in [0.2, 0.25) is 0 Å². The third kappa shape index (κ3) is 9.84. The summed E-state index contributed by atoms with van der Waals surface area (Å²) in [6.45, 7) is 4.37. The first kappa shape index (κ1) is 49.3. The third-order valence-electron chi connectivity index (χ3n) is 14.8. The molecule has 2 fully saturated rings. The molecule has 10 rings (SSSR count). The van der Waals surface area contributed by atoms with Crippen molar-refractivity contribution < 1.29 is 45.7 Å². The van der Waals surface area contributed by atoms with Gasteiger partial charge in [0.25, 0.3) is 0 Å². The van der Waals surface area contributed by atoms with Gasteiger partial charge >= 0.3 is 0 Å². The van der Waals surface area contributed by atoms with Crippen LogP contribution < -0.4 is 9.47 Å². The van der Waals surface area contributed by atoms with E-state index in [0.29, 0.717) is 23.5 Å². The molecule has 6 aromatic rings. The summed E-state index contributed by atoms with van der Waals surface area (Å²) in [5.41, 5.74) is 8.81. The quantitative estimate of drug-likeness (QED) is 0.0909. The largest absolute Gasteiger partial charge is 0.480 e. The van der Waals surface area contributed by atoms with E-state index in [9.17, 15) is 36.2 Å². The second-order valence-electron chi connectivity index (χ2n) is 19.4. The zero-order valence-corrected chi connectivity index (χ0v) is 41.1. The fourth-order valence-corrected chi connectivity index (χ4v) is 11.7. The van der Waals surface area contributed by atoms with Gasteiger partial charge in [-0.2, -0.15) is 10.2 Å². The minimum absolute atomic E-state index is 0.0197. The van der Waals surface area contributed by atoms with Crippen LogP contribution in [0.5, 0.6) is 11.5 Å². The van der Waals surface area contributed by atoms with Crippen molar-refractivity contribution in [2.75, 3.05) is 24.4 Å². The standard InChI is InChI=1S/C27H28F2N2O4S.C27H28F2N2O2S/c1-27-14-18-15-30-31(21-9-7-20(28)8-10-21)24(18)13-19(27)4-3-5-22(27)26(32)17-6-11-23(29)25(12-17)35-16-36(2,33)34;1-27-14-18-15-30-31(21-9-7-20(28)8-10-21)24(18)13-19(27)4-3-5-22(27)26(32)17-6-11-23(29)25(12-17)33-16-34-2/h6-13,15,22,26,32H,3-5,14,16H2,1-2H3;6-13,15,22,26,32H,3-5,14,16H2,1-2H3/t2*22-,26+,27+/m11/s1. The Morgan fingerprint density at radius 1 is 0.686 bits per heavy atom. The van der Waals surface area contributed by atoms with Gasteiger partial charge in [-0.3, -0.25) is 0 Å². The number of fused-ring (bicyclic) bond motifs is 4. The van der Waals surface area contributed by atoms with Gasteiger partial charge in [0.05, 0.1) is 47.4 Å². The predicted molar refractivity (Wildman–Crippen MR) is 263 cm³/mol. The lowest BCUT2D eigenvalue weighted by molar-refractivity contribution is 0.0213. The van der Waals surface area contributed by atoms with Gasteiger partial charge in [-0.1, -0.05) is 37.1 Å². The van der Waals surface area contributed by atoms with Crippen molar-refractivity contribution >= 4 is 33.8 Å². The summed E-state index contributed by atoms with van der Waals surface area (Å²) in [4.78, 5) is 0. The average molecular weight is 997 g/mol. The number of sulfone groups is 1. The molecule has 2 aromatic heterocycles. The van der Waals surface area contributed by atoms with Gasteiger partial charge in [-0.05, 0) is 187 Å². The lowest BCUT2D eigenvalue weighted by Crippen LogP contribution is -2.40. The van der Waals surface area contributed by atoms with Crippen LogP contribution in [0.1, 0.15) is 98.2 Å². The summed E-state index contributed by atoms with van der Waals surface area (Å²) in [5, 5.41) is 32.1. The highest BCUT2D eigenvalue weighted by molar-refractivity contribution is 7.98. The Morgan fingerprint density at radius 2 is 1.11 bits per heavy atom. The topological polar surface area (TPSA) is 129 Å². The van der Waals surface area contributed by atoms with Crippen LogP contribution in [0.15, 0.2) is 108 Å². The zero-order chi connectivity index (χ0) is 49.5. The van der Waals surface area contributed by atoms with E-state index in [1.165, 1.54) is 71.4 Å². The minimum Gasteiger partial charge on any atom is -0.480 e. The molecule has 0 aliphatic heterocycles. The van der Waals surface area contributed by atoms with Gasteiger partial charge in [-0.15, -0.1) is 11.8 Å². The molecule has 6 atom stereocenters. The van der Waals surface area contributed by atoms with Gasteiger partial charge in [0, 0.05) is 6.26 Å². The number of allylic oxidation sites excluding steroid dienone is 2.